The van der Waals surface area contributed by atoms with Crippen LogP contribution in [0.25, 0.3) is 64.0 Å². The highest BCUT2D eigenvalue weighted by Gasteiger charge is 2.34. The highest BCUT2D eigenvalue weighted by molar-refractivity contribution is 7.26. The zero-order valence-electron chi connectivity index (χ0n) is 22.5. The SMILES string of the molecule is Cc1cc(-c2ccc3c(c2)/c(=N/C#N)c2sc4/c(=N/C#N)c5cc(-c6ccc(F)c(C(F)(F)F)c6)ccc5c4c23)ccc1F. The summed E-state index contributed by atoms with van der Waals surface area (Å²) in [5.41, 5.74) is 1.32. The monoisotopic (exact) mass is 606 g/mol. The van der Waals surface area contributed by atoms with Crippen molar-refractivity contribution in [2.45, 2.75) is 13.1 Å². The van der Waals surface area contributed by atoms with Crippen LogP contribution in [0, 0.1) is 41.5 Å². The number of benzene rings is 4. The van der Waals surface area contributed by atoms with Crippen molar-refractivity contribution in [2.24, 2.45) is 9.98 Å². The predicted molar refractivity (Wildman–Crippen MR) is 160 cm³/mol. The molecule has 1 heterocycles. The molecule has 0 saturated heterocycles. The standard InChI is InChI=1S/C34H15F5N4S/c1-16-10-17(4-8-26(16)35)18-2-6-21-23(11-18)30(42-14-40)32-28(21)29-22-7-3-19(12-24(22)31(43-15-41)33(29)44-32)20-5-9-27(36)25(13-20)34(37,38)39/h2-13H,1H3/b42-30-,43-31+. The summed E-state index contributed by atoms with van der Waals surface area (Å²) in [5.74, 6) is -1.67. The van der Waals surface area contributed by atoms with E-state index in [4.69, 9.17) is 0 Å². The molecule has 0 spiro atoms. The average Bonchev–Trinajstić information content (AvgIpc) is 3.61. The first-order valence-electron chi connectivity index (χ1n) is 13.1. The van der Waals surface area contributed by atoms with E-state index in [9.17, 15) is 32.5 Å². The van der Waals surface area contributed by atoms with Crippen LogP contribution in [0.2, 0.25) is 0 Å². The molecule has 0 saturated carbocycles. The van der Waals surface area contributed by atoms with Gasteiger partial charge >= 0.3 is 6.18 Å². The Morgan fingerprint density at radius 2 is 1.07 bits per heavy atom. The van der Waals surface area contributed by atoms with E-state index in [1.807, 2.05) is 30.6 Å². The number of nitriles is 2. The second kappa shape index (κ2) is 9.80. The molecule has 10 heteroatoms. The van der Waals surface area contributed by atoms with Gasteiger partial charge in [0.15, 0.2) is 0 Å². The summed E-state index contributed by atoms with van der Waals surface area (Å²) in [6.45, 7) is 1.68. The molecule has 212 valence electrons. The van der Waals surface area contributed by atoms with Gasteiger partial charge in [-0.25, -0.2) is 8.78 Å². The Labute approximate surface area is 249 Å². The van der Waals surface area contributed by atoms with E-state index >= 15 is 0 Å². The fourth-order valence-corrected chi connectivity index (χ4v) is 7.20. The summed E-state index contributed by atoms with van der Waals surface area (Å²) < 4.78 is 69.5. The molecule has 0 aliphatic rings. The molecule has 0 fully saturated rings. The fourth-order valence-electron chi connectivity index (χ4n) is 5.87. The Morgan fingerprint density at radius 3 is 1.55 bits per heavy atom. The van der Waals surface area contributed by atoms with Crippen LogP contribution in [0.3, 0.4) is 0 Å². The fraction of sp³-hybridized carbons (Fsp3) is 0.0588. The van der Waals surface area contributed by atoms with Crippen molar-refractivity contribution in [3.63, 3.8) is 0 Å². The lowest BCUT2D eigenvalue weighted by Crippen LogP contribution is -2.08. The number of rotatable bonds is 2. The first-order valence-corrected chi connectivity index (χ1v) is 14.0. The van der Waals surface area contributed by atoms with Crippen LogP contribution in [0.4, 0.5) is 22.0 Å². The Kier molecular flexibility index (Phi) is 6.10. The number of hydrogen-bond acceptors (Lipinski definition) is 5. The Bertz CT molecular complexity index is 2550. The molecule has 1 aromatic heterocycles. The van der Waals surface area contributed by atoms with Crippen molar-refractivity contribution in [1.29, 1.82) is 10.5 Å². The minimum absolute atomic E-state index is 0.163. The molecule has 0 aliphatic carbocycles. The van der Waals surface area contributed by atoms with Crippen molar-refractivity contribution in [3.05, 3.63) is 106 Å². The van der Waals surface area contributed by atoms with Crippen molar-refractivity contribution >= 4 is 53.1 Å². The normalized spacial score (nSPS) is 13.0. The van der Waals surface area contributed by atoms with Gasteiger partial charge < -0.3 is 0 Å². The lowest BCUT2D eigenvalue weighted by atomic mass is 9.99. The lowest BCUT2D eigenvalue weighted by molar-refractivity contribution is -0.139. The van der Waals surface area contributed by atoms with Gasteiger partial charge in [-0.15, -0.1) is 11.3 Å². The molecule has 0 bridgehead atoms. The molecule has 7 aromatic rings. The van der Waals surface area contributed by atoms with Crippen LogP contribution >= 0.6 is 11.3 Å². The minimum atomic E-state index is -4.86. The summed E-state index contributed by atoms with van der Waals surface area (Å²) in [4.78, 5) is 8.22. The highest BCUT2D eigenvalue weighted by atomic mass is 32.1. The van der Waals surface area contributed by atoms with Crippen LogP contribution < -0.4 is 10.7 Å². The maximum absolute atomic E-state index is 14.0. The van der Waals surface area contributed by atoms with E-state index in [0.717, 1.165) is 54.9 Å². The number of aryl methyl sites for hydroxylation is 1. The quantitative estimate of drug-likeness (QED) is 0.146. The van der Waals surface area contributed by atoms with Gasteiger partial charge in [-0.2, -0.15) is 33.7 Å². The predicted octanol–water partition coefficient (Wildman–Crippen LogP) is 8.94. The number of thiophene rings is 1. The topological polar surface area (TPSA) is 72.3 Å². The van der Waals surface area contributed by atoms with Crippen LogP contribution in [0.15, 0.2) is 82.8 Å². The van der Waals surface area contributed by atoms with Gasteiger partial charge in [-0.05, 0) is 81.9 Å². The number of halogens is 5. The second-order valence-electron chi connectivity index (χ2n) is 10.3. The number of alkyl halides is 3. The Hall–Kier alpha value is -5.45. The number of fused-ring (bicyclic) bond motifs is 7. The van der Waals surface area contributed by atoms with Crippen molar-refractivity contribution < 1.29 is 22.0 Å². The molecule has 0 aliphatic heterocycles. The van der Waals surface area contributed by atoms with Crippen LogP contribution in [0.1, 0.15) is 11.1 Å². The summed E-state index contributed by atoms with van der Waals surface area (Å²) >= 11 is 1.32. The van der Waals surface area contributed by atoms with Gasteiger partial charge in [0.05, 0.1) is 15.0 Å². The molecular formula is C34H15F5N4S. The van der Waals surface area contributed by atoms with E-state index in [-0.39, 0.29) is 11.4 Å². The van der Waals surface area contributed by atoms with Gasteiger partial charge in [-0.1, -0.05) is 36.4 Å². The highest BCUT2D eigenvalue weighted by Crippen LogP contribution is 2.43. The minimum Gasteiger partial charge on any atom is -0.207 e. The van der Waals surface area contributed by atoms with E-state index in [2.05, 4.69) is 9.98 Å². The molecule has 0 amide bonds. The Morgan fingerprint density at radius 1 is 0.614 bits per heavy atom. The Balaban J connectivity index is 1.52. The zero-order chi connectivity index (χ0) is 30.9. The first-order chi connectivity index (χ1) is 21.1. The van der Waals surface area contributed by atoms with Gasteiger partial charge in [0.25, 0.3) is 0 Å². The number of nitrogens with zero attached hydrogens (tertiary/aromatic N) is 4. The van der Waals surface area contributed by atoms with E-state index in [1.54, 1.807) is 37.3 Å². The molecule has 44 heavy (non-hydrogen) atoms. The van der Waals surface area contributed by atoms with Gasteiger partial charge in [0, 0.05) is 21.5 Å². The third kappa shape index (κ3) is 4.07. The smallest absolute Gasteiger partial charge is 0.207 e. The molecule has 0 radical (unpaired) electrons. The van der Waals surface area contributed by atoms with E-state index in [1.165, 1.54) is 23.5 Å². The second-order valence-corrected chi connectivity index (χ2v) is 11.3. The van der Waals surface area contributed by atoms with Crippen molar-refractivity contribution in [2.75, 3.05) is 0 Å². The number of hydrogen-bond donors (Lipinski definition) is 0. The zero-order valence-corrected chi connectivity index (χ0v) is 23.3. The van der Waals surface area contributed by atoms with Crippen molar-refractivity contribution in [1.82, 2.24) is 0 Å². The van der Waals surface area contributed by atoms with Gasteiger partial charge in [-0.3, -0.25) is 0 Å². The van der Waals surface area contributed by atoms with Crippen LogP contribution in [-0.2, 0) is 6.18 Å². The third-order valence-corrected chi connectivity index (χ3v) is 9.05. The van der Waals surface area contributed by atoms with E-state index in [0.29, 0.717) is 31.9 Å². The van der Waals surface area contributed by atoms with E-state index < -0.39 is 17.6 Å². The van der Waals surface area contributed by atoms with Gasteiger partial charge in [0.1, 0.15) is 22.3 Å². The summed E-state index contributed by atoms with van der Waals surface area (Å²) in [7, 11) is 0. The van der Waals surface area contributed by atoms with Gasteiger partial charge in [0.2, 0.25) is 12.4 Å². The lowest BCUT2D eigenvalue weighted by Gasteiger charge is -2.10. The molecular weight excluding hydrogens is 591 g/mol. The molecule has 7 rings (SSSR count). The molecule has 6 aromatic carbocycles. The summed E-state index contributed by atoms with van der Waals surface area (Å²) in [6.07, 6.45) is -1.14. The molecule has 0 atom stereocenters. The molecule has 0 unspecified atom stereocenters. The molecule has 0 N–H and O–H groups in total. The maximum Gasteiger partial charge on any atom is 0.419 e. The van der Waals surface area contributed by atoms with Crippen LogP contribution in [0.5, 0.6) is 0 Å². The molecule has 4 nitrogen and oxygen atoms in total. The average molecular weight is 607 g/mol. The van der Waals surface area contributed by atoms with Crippen molar-refractivity contribution in [3.8, 4) is 34.6 Å². The largest absolute Gasteiger partial charge is 0.419 e. The van der Waals surface area contributed by atoms with Crippen LogP contribution in [-0.4, -0.2) is 0 Å². The maximum atomic E-state index is 14.0. The summed E-state index contributed by atoms with van der Waals surface area (Å²) in [5, 5.41) is 24.3. The third-order valence-electron chi connectivity index (χ3n) is 7.85. The first kappa shape index (κ1) is 27.4. The summed E-state index contributed by atoms with van der Waals surface area (Å²) in [6, 6.07) is 18.4.